The summed E-state index contributed by atoms with van der Waals surface area (Å²) in [6.07, 6.45) is 3.44. The van der Waals surface area contributed by atoms with E-state index in [1.54, 1.807) is 19.3 Å². The van der Waals surface area contributed by atoms with E-state index < -0.39 is 0 Å². The van der Waals surface area contributed by atoms with Gasteiger partial charge in [0.05, 0.1) is 11.8 Å². The quantitative estimate of drug-likeness (QED) is 0.768. The number of rotatable bonds is 2. The van der Waals surface area contributed by atoms with Crippen molar-refractivity contribution in [2.75, 3.05) is 5.73 Å². The molecule has 0 unspecified atom stereocenters. The Morgan fingerprint density at radius 1 is 0.950 bits per heavy atom. The van der Waals surface area contributed by atoms with E-state index in [1.165, 1.54) is 5.56 Å². The van der Waals surface area contributed by atoms with Crippen LogP contribution >= 0.6 is 0 Å². The number of hydrogen-bond acceptors (Lipinski definition) is 4. The fourth-order valence-electron chi connectivity index (χ4n) is 2.06. The highest BCUT2D eigenvalue weighted by Crippen LogP contribution is 2.29. The number of benzene rings is 1. The molecule has 0 aliphatic rings. The molecular formula is C16H15N3O. The molecule has 0 fully saturated rings. The van der Waals surface area contributed by atoms with Gasteiger partial charge in [-0.15, -0.1) is 0 Å². The third-order valence-corrected chi connectivity index (χ3v) is 3.19. The molecule has 0 atom stereocenters. The molecule has 4 heteroatoms. The summed E-state index contributed by atoms with van der Waals surface area (Å²) in [6, 6.07) is 10.3. The van der Waals surface area contributed by atoms with E-state index in [0.717, 1.165) is 16.7 Å². The Morgan fingerprint density at radius 3 is 2.35 bits per heavy atom. The minimum atomic E-state index is 0.442. The lowest BCUT2D eigenvalue weighted by atomic mass is 10.0. The molecule has 0 spiro atoms. The van der Waals surface area contributed by atoms with Crippen molar-refractivity contribution in [1.29, 1.82) is 0 Å². The summed E-state index contributed by atoms with van der Waals surface area (Å²) in [6.45, 7) is 3.87. The van der Waals surface area contributed by atoms with Crippen LogP contribution in [0.25, 0.3) is 22.5 Å². The second-order valence-corrected chi connectivity index (χ2v) is 4.77. The minimum absolute atomic E-state index is 0.442. The fourth-order valence-corrected chi connectivity index (χ4v) is 2.06. The number of oxazole rings is 1. The summed E-state index contributed by atoms with van der Waals surface area (Å²) in [7, 11) is 0. The number of anilines is 1. The van der Waals surface area contributed by atoms with E-state index in [0.29, 0.717) is 17.5 Å². The van der Waals surface area contributed by atoms with E-state index in [4.69, 9.17) is 10.2 Å². The first kappa shape index (κ1) is 12.4. The third-order valence-electron chi connectivity index (χ3n) is 3.19. The van der Waals surface area contributed by atoms with Crippen LogP contribution in [0.4, 0.5) is 5.82 Å². The molecule has 0 amide bonds. The van der Waals surface area contributed by atoms with Crippen LogP contribution in [0.15, 0.2) is 47.1 Å². The maximum absolute atomic E-state index is 5.93. The van der Waals surface area contributed by atoms with E-state index in [9.17, 15) is 0 Å². The summed E-state index contributed by atoms with van der Waals surface area (Å²) in [4.78, 5) is 8.35. The molecule has 20 heavy (non-hydrogen) atoms. The van der Waals surface area contributed by atoms with Crippen LogP contribution in [0.1, 0.15) is 11.5 Å². The minimum Gasteiger partial charge on any atom is -0.441 e. The first-order valence-corrected chi connectivity index (χ1v) is 6.39. The molecule has 2 aromatic heterocycles. The predicted octanol–water partition coefficient (Wildman–Crippen LogP) is 3.60. The summed E-state index contributed by atoms with van der Waals surface area (Å²) >= 11 is 0. The highest BCUT2D eigenvalue weighted by Gasteiger charge is 2.10. The predicted molar refractivity (Wildman–Crippen MR) is 79.1 cm³/mol. The van der Waals surface area contributed by atoms with Crippen LogP contribution in [-0.4, -0.2) is 9.97 Å². The molecule has 0 bridgehead atoms. The van der Waals surface area contributed by atoms with Crippen LogP contribution in [0.2, 0.25) is 0 Å². The van der Waals surface area contributed by atoms with Crippen molar-refractivity contribution in [3.05, 3.63) is 54.2 Å². The molecule has 3 aromatic rings. The summed E-state index contributed by atoms with van der Waals surface area (Å²) in [5.74, 6) is 1.69. The van der Waals surface area contributed by atoms with Crippen molar-refractivity contribution in [1.82, 2.24) is 9.97 Å². The van der Waals surface area contributed by atoms with E-state index >= 15 is 0 Å². The van der Waals surface area contributed by atoms with Crippen molar-refractivity contribution in [3.63, 3.8) is 0 Å². The van der Waals surface area contributed by atoms with Crippen molar-refractivity contribution >= 4 is 5.82 Å². The van der Waals surface area contributed by atoms with Crippen LogP contribution < -0.4 is 5.73 Å². The number of nitrogens with zero attached hydrogens (tertiary/aromatic N) is 2. The third kappa shape index (κ3) is 2.28. The number of aromatic nitrogens is 2. The first-order chi connectivity index (χ1) is 9.63. The fraction of sp³-hybridized carbons (Fsp3) is 0.125. The van der Waals surface area contributed by atoms with Gasteiger partial charge in [0.25, 0.3) is 0 Å². The van der Waals surface area contributed by atoms with E-state index in [1.807, 2.05) is 6.07 Å². The average molecular weight is 265 g/mol. The smallest absolute Gasteiger partial charge is 0.191 e. The van der Waals surface area contributed by atoms with E-state index in [2.05, 4.69) is 41.2 Å². The van der Waals surface area contributed by atoms with Gasteiger partial charge < -0.3 is 10.2 Å². The lowest BCUT2D eigenvalue weighted by molar-refractivity contribution is 0.534. The highest BCUT2D eigenvalue weighted by molar-refractivity contribution is 5.76. The molecular weight excluding hydrogens is 250 g/mol. The van der Waals surface area contributed by atoms with Crippen LogP contribution in [0.3, 0.4) is 0 Å². The summed E-state index contributed by atoms with van der Waals surface area (Å²) < 4.78 is 5.53. The number of pyridine rings is 1. The van der Waals surface area contributed by atoms with Crippen molar-refractivity contribution in [2.24, 2.45) is 0 Å². The van der Waals surface area contributed by atoms with Gasteiger partial charge in [0.2, 0.25) is 0 Å². The van der Waals surface area contributed by atoms with Crippen molar-refractivity contribution < 1.29 is 4.42 Å². The van der Waals surface area contributed by atoms with Crippen LogP contribution in [0, 0.1) is 13.8 Å². The van der Waals surface area contributed by atoms with Crippen molar-refractivity contribution in [2.45, 2.75) is 13.8 Å². The highest BCUT2D eigenvalue weighted by atomic mass is 16.4. The Bertz CT molecular complexity index is 745. The Labute approximate surface area is 117 Å². The number of nitrogen functional groups attached to an aromatic ring is 1. The molecule has 3 rings (SSSR count). The monoisotopic (exact) mass is 265 g/mol. The van der Waals surface area contributed by atoms with Gasteiger partial charge in [-0.2, -0.15) is 0 Å². The maximum atomic E-state index is 5.93. The zero-order valence-corrected chi connectivity index (χ0v) is 11.4. The van der Waals surface area contributed by atoms with Gasteiger partial charge in [0, 0.05) is 18.7 Å². The van der Waals surface area contributed by atoms with Crippen LogP contribution in [0.5, 0.6) is 0 Å². The lowest BCUT2D eigenvalue weighted by Gasteiger charge is -2.06. The second kappa shape index (κ2) is 4.81. The summed E-state index contributed by atoms with van der Waals surface area (Å²) in [5, 5.41) is 0. The molecule has 0 radical (unpaired) electrons. The maximum Gasteiger partial charge on any atom is 0.191 e. The zero-order chi connectivity index (χ0) is 14.1. The molecule has 0 aliphatic carbocycles. The lowest BCUT2D eigenvalue weighted by Crippen LogP contribution is -1.94. The van der Waals surface area contributed by atoms with Gasteiger partial charge in [-0.25, -0.2) is 9.97 Å². The topological polar surface area (TPSA) is 64.9 Å². The largest absolute Gasteiger partial charge is 0.441 e. The SMILES string of the molecule is Cc1ccc(-c2cnc(N)c(-c3cnc(C)o3)c2)cc1. The molecule has 0 aliphatic heterocycles. The average Bonchev–Trinajstić information content (AvgIpc) is 2.87. The van der Waals surface area contributed by atoms with Gasteiger partial charge >= 0.3 is 0 Å². The van der Waals surface area contributed by atoms with Crippen LogP contribution in [-0.2, 0) is 0 Å². The molecule has 2 heterocycles. The molecule has 4 nitrogen and oxygen atoms in total. The van der Waals surface area contributed by atoms with Gasteiger partial charge in [-0.1, -0.05) is 29.8 Å². The first-order valence-electron chi connectivity index (χ1n) is 6.39. The Morgan fingerprint density at radius 2 is 1.70 bits per heavy atom. The molecule has 0 saturated heterocycles. The Hall–Kier alpha value is -2.62. The van der Waals surface area contributed by atoms with Gasteiger partial charge in [-0.05, 0) is 18.6 Å². The normalized spacial score (nSPS) is 10.7. The molecule has 0 saturated carbocycles. The van der Waals surface area contributed by atoms with Gasteiger partial charge in [0.15, 0.2) is 11.7 Å². The van der Waals surface area contributed by atoms with Crippen molar-refractivity contribution in [3.8, 4) is 22.5 Å². The zero-order valence-electron chi connectivity index (χ0n) is 11.4. The van der Waals surface area contributed by atoms with Gasteiger partial charge in [-0.3, -0.25) is 0 Å². The Balaban J connectivity index is 2.08. The molecule has 1 aromatic carbocycles. The van der Waals surface area contributed by atoms with E-state index in [-0.39, 0.29) is 0 Å². The molecule has 100 valence electrons. The van der Waals surface area contributed by atoms with Gasteiger partial charge in [0.1, 0.15) is 5.82 Å². The second-order valence-electron chi connectivity index (χ2n) is 4.77. The Kier molecular flexibility index (Phi) is 2.99. The summed E-state index contributed by atoms with van der Waals surface area (Å²) in [5.41, 5.74) is 10.0. The number of hydrogen-bond donors (Lipinski definition) is 1. The molecule has 2 N–H and O–H groups in total. The number of nitrogens with two attached hydrogens (primary N) is 1. The standard InChI is InChI=1S/C16H15N3O/c1-10-3-5-12(6-4-10)13-7-14(16(17)19-8-13)15-9-18-11(2)20-15/h3-9H,1-2H3,(H2,17,19). The number of aryl methyl sites for hydroxylation is 2.